The standard InChI is InChI=1S/C9H12N2O/c1-8-6-10-11(7-8)9-2-4-12-5-3-9/h1,6-7,9H,2-5H2. The predicted molar refractivity (Wildman–Crippen MR) is 44.7 cm³/mol. The third-order valence-corrected chi connectivity index (χ3v) is 2.19. The van der Waals surface area contributed by atoms with Crippen molar-refractivity contribution in [3.8, 4) is 0 Å². The average molecular weight is 164 g/mol. The quantitative estimate of drug-likeness (QED) is 0.625. The first kappa shape index (κ1) is 7.80. The predicted octanol–water partition coefficient (Wildman–Crippen LogP) is 1.29. The molecule has 0 bridgehead atoms. The molecule has 3 heteroatoms. The van der Waals surface area contributed by atoms with Crippen LogP contribution in [0.2, 0.25) is 0 Å². The summed E-state index contributed by atoms with van der Waals surface area (Å²) in [6, 6.07) is 0.482. The zero-order chi connectivity index (χ0) is 8.39. The van der Waals surface area contributed by atoms with Crippen molar-refractivity contribution in [2.75, 3.05) is 13.2 Å². The number of nitrogens with zero attached hydrogens (tertiary/aromatic N) is 2. The van der Waals surface area contributed by atoms with Crippen molar-refractivity contribution in [3.05, 3.63) is 24.9 Å². The second kappa shape index (κ2) is 3.27. The Bertz CT molecular complexity index is 251. The van der Waals surface area contributed by atoms with E-state index < -0.39 is 0 Å². The van der Waals surface area contributed by atoms with E-state index in [0.717, 1.165) is 31.6 Å². The number of ether oxygens (including phenoxy) is 1. The lowest BCUT2D eigenvalue weighted by Crippen LogP contribution is -2.19. The summed E-state index contributed by atoms with van der Waals surface area (Å²) < 4.78 is 7.20. The van der Waals surface area contributed by atoms with Gasteiger partial charge in [0.05, 0.1) is 12.2 Å². The maximum absolute atomic E-state index is 5.57. The summed E-state index contributed by atoms with van der Waals surface area (Å²) in [5, 5.41) is 4.18. The molecule has 2 radical (unpaired) electrons. The lowest BCUT2D eigenvalue weighted by Gasteiger charge is -2.22. The maximum atomic E-state index is 5.57. The van der Waals surface area contributed by atoms with Gasteiger partial charge in [0.15, 0.2) is 0 Å². The van der Waals surface area contributed by atoms with Crippen LogP contribution in [0.1, 0.15) is 24.4 Å². The van der Waals surface area contributed by atoms with E-state index in [0.29, 0.717) is 6.04 Å². The molecule has 0 atom stereocenters. The van der Waals surface area contributed by atoms with E-state index in [1.54, 1.807) is 6.20 Å². The fourth-order valence-corrected chi connectivity index (χ4v) is 1.50. The molecule has 0 N–H and O–H groups in total. The monoisotopic (exact) mass is 164 g/mol. The van der Waals surface area contributed by atoms with Gasteiger partial charge in [0.25, 0.3) is 0 Å². The zero-order valence-electron chi connectivity index (χ0n) is 6.94. The van der Waals surface area contributed by atoms with Crippen LogP contribution < -0.4 is 0 Å². The zero-order valence-corrected chi connectivity index (χ0v) is 6.94. The molecule has 1 aliphatic rings. The smallest absolute Gasteiger partial charge is 0.0563 e. The molecule has 2 rings (SSSR count). The van der Waals surface area contributed by atoms with E-state index in [9.17, 15) is 0 Å². The first-order chi connectivity index (χ1) is 5.86. The van der Waals surface area contributed by atoms with Crippen LogP contribution >= 0.6 is 0 Å². The third kappa shape index (κ3) is 1.50. The molecule has 0 unspecified atom stereocenters. The van der Waals surface area contributed by atoms with Gasteiger partial charge in [-0.1, -0.05) is 0 Å². The Morgan fingerprint density at radius 1 is 1.50 bits per heavy atom. The summed E-state index contributed by atoms with van der Waals surface area (Å²) in [5.41, 5.74) is 0.737. The van der Waals surface area contributed by atoms with Gasteiger partial charge in [0.1, 0.15) is 0 Å². The number of hydrogen-bond acceptors (Lipinski definition) is 2. The topological polar surface area (TPSA) is 27.1 Å². The first-order valence-corrected chi connectivity index (χ1v) is 4.23. The second-order valence-corrected chi connectivity index (χ2v) is 3.10. The first-order valence-electron chi connectivity index (χ1n) is 4.23. The molecule has 1 fully saturated rings. The highest BCUT2D eigenvalue weighted by Crippen LogP contribution is 2.19. The molecule has 1 aromatic rings. The van der Waals surface area contributed by atoms with Crippen molar-refractivity contribution in [3.63, 3.8) is 0 Å². The van der Waals surface area contributed by atoms with E-state index in [1.807, 2.05) is 10.9 Å². The highest BCUT2D eigenvalue weighted by Gasteiger charge is 2.15. The van der Waals surface area contributed by atoms with Gasteiger partial charge in [0, 0.05) is 26.3 Å². The fourth-order valence-electron chi connectivity index (χ4n) is 1.50. The van der Waals surface area contributed by atoms with Gasteiger partial charge in [-0.05, 0) is 18.4 Å². The molecule has 64 valence electrons. The molecule has 3 nitrogen and oxygen atoms in total. The minimum absolute atomic E-state index is 0.482. The van der Waals surface area contributed by atoms with Crippen molar-refractivity contribution < 1.29 is 4.74 Å². The highest BCUT2D eigenvalue weighted by molar-refractivity contribution is 5.07. The average Bonchev–Trinajstić information content (AvgIpc) is 2.54. The van der Waals surface area contributed by atoms with E-state index in [-0.39, 0.29) is 0 Å². The SMILES string of the molecule is [CH]c1cnn(C2CCOCC2)c1. The normalized spacial score (nSPS) is 19.8. The number of aromatic nitrogens is 2. The second-order valence-electron chi connectivity index (χ2n) is 3.10. The Morgan fingerprint density at radius 2 is 2.25 bits per heavy atom. The van der Waals surface area contributed by atoms with Gasteiger partial charge in [-0.15, -0.1) is 0 Å². The summed E-state index contributed by atoms with van der Waals surface area (Å²) in [4.78, 5) is 0. The largest absolute Gasteiger partial charge is 0.381 e. The lowest BCUT2D eigenvalue weighted by molar-refractivity contribution is 0.0662. The van der Waals surface area contributed by atoms with Crippen LogP contribution in [0, 0.1) is 6.92 Å². The molecule has 1 aliphatic heterocycles. The maximum Gasteiger partial charge on any atom is 0.0563 e. The Kier molecular flexibility index (Phi) is 2.13. The lowest BCUT2D eigenvalue weighted by atomic mass is 10.1. The fraction of sp³-hybridized carbons (Fsp3) is 0.556. The molecule has 0 aliphatic carbocycles. The molecule has 1 aromatic heterocycles. The van der Waals surface area contributed by atoms with Gasteiger partial charge in [-0.2, -0.15) is 5.10 Å². The van der Waals surface area contributed by atoms with E-state index in [4.69, 9.17) is 11.7 Å². The van der Waals surface area contributed by atoms with Crippen LogP contribution in [0.3, 0.4) is 0 Å². The Balaban J connectivity index is 2.08. The summed E-state index contributed by atoms with van der Waals surface area (Å²) in [5.74, 6) is 0. The Morgan fingerprint density at radius 3 is 2.83 bits per heavy atom. The Labute approximate surface area is 72.3 Å². The van der Waals surface area contributed by atoms with Crippen LogP contribution in [0.25, 0.3) is 0 Å². The molecule has 0 amide bonds. The van der Waals surface area contributed by atoms with Crippen LogP contribution in [0.4, 0.5) is 0 Å². The van der Waals surface area contributed by atoms with E-state index in [1.165, 1.54) is 0 Å². The van der Waals surface area contributed by atoms with E-state index in [2.05, 4.69) is 5.10 Å². The van der Waals surface area contributed by atoms with Crippen LogP contribution in [-0.2, 0) is 4.74 Å². The molecule has 1 saturated heterocycles. The summed E-state index contributed by atoms with van der Waals surface area (Å²) in [6.45, 7) is 7.25. The van der Waals surface area contributed by atoms with Crippen molar-refractivity contribution >= 4 is 0 Å². The van der Waals surface area contributed by atoms with Crippen LogP contribution in [0.5, 0.6) is 0 Å². The summed E-state index contributed by atoms with van der Waals surface area (Å²) in [7, 11) is 0. The van der Waals surface area contributed by atoms with Gasteiger partial charge in [0.2, 0.25) is 0 Å². The van der Waals surface area contributed by atoms with Crippen LogP contribution in [0.15, 0.2) is 12.4 Å². The molecule has 12 heavy (non-hydrogen) atoms. The van der Waals surface area contributed by atoms with Crippen molar-refractivity contribution in [2.45, 2.75) is 18.9 Å². The molecule has 0 aromatic carbocycles. The van der Waals surface area contributed by atoms with Crippen molar-refractivity contribution in [1.82, 2.24) is 9.78 Å². The molecular formula is C9H12N2O. The van der Waals surface area contributed by atoms with Crippen molar-refractivity contribution in [2.24, 2.45) is 0 Å². The Hall–Kier alpha value is -0.830. The molecular weight excluding hydrogens is 152 g/mol. The van der Waals surface area contributed by atoms with Crippen molar-refractivity contribution in [1.29, 1.82) is 0 Å². The van der Waals surface area contributed by atoms with Gasteiger partial charge >= 0.3 is 0 Å². The minimum atomic E-state index is 0.482. The highest BCUT2D eigenvalue weighted by atomic mass is 16.5. The summed E-state index contributed by atoms with van der Waals surface area (Å²) in [6.07, 6.45) is 5.66. The van der Waals surface area contributed by atoms with Gasteiger partial charge in [-0.3, -0.25) is 4.68 Å². The van der Waals surface area contributed by atoms with Gasteiger partial charge in [-0.25, -0.2) is 0 Å². The molecule has 0 spiro atoms. The molecule has 2 heterocycles. The van der Waals surface area contributed by atoms with Gasteiger partial charge < -0.3 is 4.74 Å². The third-order valence-electron chi connectivity index (χ3n) is 2.19. The minimum Gasteiger partial charge on any atom is -0.381 e. The number of rotatable bonds is 1. The van der Waals surface area contributed by atoms with Crippen LogP contribution in [-0.4, -0.2) is 23.0 Å². The summed E-state index contributed by atoms with van der Waals surface area (Å²) >= 11 is 0. The number of hydrogen-bond donors (Lipinski definition) is 0. The van der Waals surface area contributed by atoms with E-state index >= 15 is 0 Å². The molecule has 0 saturated carbocycles.